The van der Waals surface area contributed by atoms with Crippen molar-refractivity contribution in [1.82, 2.24) is 4.98 Å². The summed E-state index contributed by atoms with van der Waals surface area (Å²) in [5.41, 5.74) is 0.646. The van der Waals surface area contributed by atoms with Gasteiger partial charge in [0, 0.05) is 15.0 Å². The number of carbonyl (C=O) groups excluding carboxylic acids is 1. The van der Waals surface area contributed by atoms with E-state index in [1.165, 1.54) is 13.2 Å². The van der Waals surface area contributed by atoms with Gasteiger partial charge in [-0.3, -0.25) is 4.79 Å². The molecule has 5 heteroatoms. The first-order valence-electron chi connectivity index (χ1n) is 4.53. The molecule has 2 rings (SSSR count). The Balaban J connectivity index is 2.80. The highest BCUT2D eigenvalue weighted by molar-refractivity contribution is 14.1. The molecule has 2 aromatic rings. The van der Waals surface area contributed by atoms with Crippen molar-refractivity contribution in [2.75, 3.05) is 7.11 Å². The third-order valence-corrected chi connectivity index (χ3v) is 3.12. The van der Waals surface area contributed by atoms with E-state index in [0.29, 0.717) is 10.9 Å². The molecular formula is C11H8INO3. The first kappa shape index (κ1) is 11.1. The van der Waals surface area contributed by atoms with Crippen LogP contribution in [0.4, 0.5) is 0 Å². The molecule has 82 valence electrons. The van der Waals surface area contributed by atoms with Crippen LogP contribution < -0.4 is 5.43 Å². The lowest BCUT2D eigenvalue weighted by Crippen LogP contribution is -2.11. The summed E-state index contributed by atoms with van der Waals surface area (Å²) in [4.78, 5) is 26.0. The number of nitrogens with one attached hydrogen (secondary N) is 1. The van der Waals surface area contributed by atoms with Crippen LogP contribution in [0.15, 0.2) is 29.1 Å². The van der Waals surface area contributed by atoms with Crippen LogP contribution in [0.3, 0.4) is 0 Å². The van der Waals surface area contributed by atoms with Gasteiger partial charge in [0.15, 0.2) is 5.43 Å². The Morgan fingerprint density at radius 3 is 2.88 bits per heavy atom. The van der Waals surface area contributed by atoms with E-state index in [-0.39, 0.29) is 11.1 Å². The monoisotopic (exact) mass is 329 g/mol. The summed E-state index contributed by atoms with van der Waals surface area (Å²) in [5.74, 6) is -0.543. The second kappa shape index (κ2) is 4.25. The van der Waals surface area contributed by atoms with Gasteiger partial charge in [0.1, 0.15) is 5.69 Å². The lowest BCUT2D eigenvalue weighted by Gasteiger charge is -2.03. The van der Waals surface area contributed by atoms with Gasteiger partial charge in [-0.1, -0.05) is 6.07 Å². The molecule has 0 aliphatic heterocycles. The minimum Gasteiger partial charge on any atom is -0.464 e. The summed E-state index contributed by atoms with van der Waals surface area (Å²) in [5, 5.41) is 0.569. The number of H-pyrrole nitrogens is 1. The number of hydrogen-bond donors (Lipinski definition) is 1. The van der Waals surface area contributed by atoms with Crippen molar-refractivity contribution in [3.63, 3.8) is 0 Å². The lowest BCUT2D eigenvalue weighted by molar-refractivity contribution is 0.0594. The molecule has 0 saturated carbocycles. The van der Waals surface area contributed by atoms with Gasteiger partial charge in [-0.2, -0.15) is 0 Å². The maximum Gasteiger partial charge on any atom is 0.354 e. The second-order valence-corrected chi connectivity index (χ2v) is 4.36. The Morgan fingerprint density at radius 1 is 1.44 bits per heavy atom. The van der Waals surface area contributed by atoms with Crippen LogP contribution in [0.25, 0.3) is 10.9 Å². The highest BCUT2D eigenvalue weighted by Gasteiger charge is 2.10. The van der Waals surface area contributed by atoms with E-state index in [4.69, 9.17) is 0 Å². The van der Waals surface area contributed by atoms with Crippen LogP contribution in [0.1, 0.15) is 10.5 Å². The van der Waals surface area contributed by atoms with Crippen molar-refractivity contribution >= 4 is 39.5 Å². The highest BCUT2D eigenvalue weighted by atomic mass is 127. The van der Waals surface area contributed by atoms with Gasteiger partial charge in [-0.15, -0.1) is 0 Å². The molecule has 16 heavy (non-hydrogen) atoms. The highest BCUT2D eigenvalue weighted by Crippen LogP contribution is 2.16. The molecule has 0 amide bonds. The molecular weight excluding hydrogens is 321 g/mol. The van der Waals surface area contributed by atoms with Gasteiger partial charge in [-0.05, 0) is 34.7 Å². The van der Waals surface area contributed by atoms with Crippen LogP contribution in [0.5, 0.6) is 0 Å². The predicted octanol–water partition coefficient (Wildman–Crippen LogP) is 1.92. The van der Waals surface area contributed by atoms with Gasteiger partial charge in [0.25, 0.3) is 0 Å². The van der Waals surface area contributed by atoms with Crippen molar-refractivity contribution in [2.45, 2.75) is 0 Å². The minimum absolute atomic E-state index is 0.170. The van der Waals surface area contributed by atoms with Gasteiger partial charge in [0.05, 0.1) is 12.6 Å². The number of esters is 1. The Hall–Kier alpha value is -1.37. The fraction of sp³-hybridized carbons (Fsp3) is 0.0909. The summed E-state index contributed by atoms with van der Waals surface area (Å²) in [7, 11) is 1.28. The Morgan fingerprint density at radius 2 is 2.19 bits per heavy atom. The molecule has 1 N–H and O–H groups in total. The maximum absolute atomic E-state index is 11.7. The maximum atomic E-state index is 11.7. The summed E-state index contributed by atoms with van der Waals surface area (Å²) in [6.45, 7) is 0. The zero-order valence-corrected chi connectivity index (χ0v) is 10.6. The molecule has 0 atom stereocenters. The van der Waals surface area contributed by atoms with E-state index in [9.17, 15) is 9.59 Å². The number of methoxy groups -OCH3 is 1. The van der Waals surface area contributed by atoms with Crippen LogP contribution in [-0.4, -0.2) is 18.1 Å². The smallest absolute Gasteiger partial charge is 0.354 e. The standard InChI is InChI=1S/C11H8INO3/c1-16-11(15)8-5-9(14)6-3-2-4-7(12)10(6)13-8/h2-5H,1H3,(H,13,14). The zero-order chi connectivity index (χ0) is 11.7. The number of ether oxygens (including phenoxy) is 1. The second-order valence-electron chi connectivity index (χ2n) is 3.20. The fourth-order valence-corrected chi connectivity index (χ4v) is 2.09. The van der Waals surface area contributed by atoms with Crippen LogP contribution >= 0.6 is 22.6 Å². The number of para-hydroxylation sites is 1. The molecule has 1 aromatic heterocycles. The lowest BCUT2D eigenvalue weighted by atomic mass is 10.2. The number of carbonyl (C=O) groups is 1. The minimum atomic E-state index is -0.543. The summed E-state index contributed by atoms with van der Waals surface area (Å²) in [6.07, 6.45) is 0. The Bertz CT molecular complexity index is 618. The van der Waals surface area contributed by atoms with Crippen molar-refractivity contribution in [3.8, 4) is 0 Å². The molecule has 0 aliphatic carbocycles. The average Bonchev–Trinajstić information content (AvgIpc) is 2.29. The number of aromatic nitrogens is 1. The molecule has 0 bridgehead atoms. The van der Waals surface area contributed by atoms with E-state index >= 15 is 0 Å². The normalized spacial score (nSPS) is 10.4. The number of halogens is 1. The first-order chi connectivity index (χ1) is 7.63. The molecule has 0 fully saturated rings. The molecule has 1 heterocycles. The van der Waals surface area contributed by atoms with Gasteiger partial charge in [0.2, 0.25) is 0 Å². The number of benzene rings is 1. The number of hydrogen-bond acceptors (Lipinski definition) is 3. The van der Waals surface area contributed by atoms with Crippen LogP contribution in [0.2, 0.25) is 0 Å². The summed E-state index contributed by atoms with van der Waals surface area (Å²) in [6, 6.07) is 6.64. The van der Waals surface area contributed by atoms with Gasteiger partial charge >= 0.3 is 5.97 Å². The molecule has 0 spiro atoms. The Labute approximate surface area is 105 Å². The molecule has 0 saturated heterocycles. The zero-order valence-electron chi connectivity index (χ0n) is 8.41. The molecule has 0 unspecified atom stereocenters. The first-order valence-corrected chi connectivity index (χ1v) is 5.61. The summed E-state index contributed by atoms with van der Waals surface area (Å²) < 4.78 is 5.46. The number of aromatic amines is 1. The van der Waals surface area contributed by atoms with Crippen molar-refractivity contribution in [2.24, 2.45) is 0 Å². The summed E-state index contributed by atoms with van der Waals surface area (Å²) >= 11 is 2.10. The Kier molecular flexibility index (Phi) is 2.95. The van der Waals surface area contributed by atoms with E-state index in [0.717, 1.165) is 3.57 Å². The third-order valence-electron chi connectivity index (χ3n) is 2.22. The molecule has 0 radical (unpaired) electrons. The molecule has 0 aliphatic rings. The topological polar surface area (TPSA) is 59.2 Å². The largest absolute Gasteiger partial charge is 0.464 e. The van der Waals surface area contributed by atoms with Gasteiger partial charge in [-0.25, -0.2) is 4.79 Å². The van der Waals surface area contributed by atoms with Crippen LogP contribution in [-0.2, 0) is 4.74 Å². The van der Waals surface area contributed by atoms with Crippen molar-refractivity contribution in [1.29, 1.82) is 0 Å². The van der Waals surface area contributed by atoms with E-state index < -0.39 is 5.97 Å². The molecule has 4 nitrogen and oxygen atoms in total. The predicted molar refractivity (Wildman–Crippen MR) is 68.6 cm³/mol. The van der Waals surface area contributed by atoms with Crippen LogP contribution in [0, 0.1) is 3.57 Å². The number of fused-ring (bicyclic) bond motifs is 1. The molecule has 1 aromatic carbocycles. The quantitative estimate of drug-likeness (QED) is 0.642. The average molecular weight is 329 g/mol. The van der Waals surface area contributed by atoms with E-state index in [1.807, 2.05) is 6.07 Å². The number of pyridine rings is 1. The SMILES string of the molecule is COC(=O)c1cc(=O)c2cccc(I)c2[nH]1. The van der Waals surface area contributed by atoms with Crippen molar-refractivity contribution in [3.05, 3.63) is 43.8 Å². The van der Waals surface area contributed by atoms with Crippen molar-refractivity contribution < 1.29 is 9.53 Å². The van der Waals surface area contributed by atoms with E-state index in [1.54, 1.807) is 12.1 Å². The van der Waals surface area contributed by atoms with E-state index in [2.05, 4.69) is 32.3 Å². The van der Waals surface area contributed by atoms with Gasteiger partial charge < -0.3 is 9.72 Å². The third kappa shape index (κ3) is 1.82. The number of rotatable bonds is 1. The fourth-order valence-electron chi connectivity index (χ4n) is 1.46.